The van der Waals surface area contributed by atoms with Gasteiger partial charge in [0.05, 0.1) is 6.54 Å². The topological polar surface area (TPSA) is 23.6 Å². The van der Waals surface area contributed by atoms with Crippen LogP contribution in [0.15, 0.2) is 28.7 Å². The maximum absolute atomic E-state index is 12.4. The molecule has 0 radical (unpaired) electrons. The minimum Gasteiger partial charge on any atom is -0.298 e. The molecule has 108 valence electrons. The number of rotatable bonds is 3. The average Bonchev–Trinajstić information content (AvgIpc) is 2.86. The van der Waals surface area contributed by atoms with Gasteiger partial charge in [0, 0.05) is 35.2 Å². The highest BCUT2D eigenvalue weighted by molar-refractivity contribution is 9.10. The summed E-state index contributed by atoms with van der Waals surface area (Å²) >= 11 is 3.43. The fourth-order valence-electron chi connectivity index (χ4n) is 3.41. The van der Waals surface area contributed by atoms with Crippen molar-refractivity contribution < 1.29 is 4.79 Å². The van der Waals surface area contributed by atoms with E-state index in [0.717, 1.165) is 23.1 Å². The molecule has 2 atom stereocenters. The molecule has 0 aromatic heterocycles. The Balaban J connectivity index is 1.66. The predicted octanol–water partition coefficient (Wildman–Crippen LogP) is 2.80. The third-order valence-electron chi connectivity index (χ3n) is 4.56. The van der Waals surface area contributed by atoms with Crippen LogP contribution >= 0.6 is 15.9 Å². The van der Waals surface area contributed by atoms with Crippen molar-refractivity contribution in [3.05, 3.63) is 34.3 Å². The summed E-state index contributed by atoms with van der Waals surface area (Å²) in [5.41, 5.74) is 0.806. The molecule has 2 heterocycles. The summed E-state index contributed by atoms with van der Waals surface area (Å²) in [5.74, 6) is 0.226. The van der Waals surface area contributed by atoms with E-state index < -0.39 is 0 Å². The van der Waals surface area contributed by atoms with Gasteiger partial charge in [0.25, 0.3) is 0 Å². The smallest absolute Gasteiger partial charge is 0.176 e. The zero-order valence-electron chi connectivity index (χ0n) is 11.9. The second-order valence-corrected chi connectivity index (χ2v) is 6.92. The predicted molar refractivity (Wildman–Crippen MR) is 84.1 cm³/mol. The Morgan fingerprint density at radius 2 is 2.25 bits per heavy atom. The van der Waals surface area contributed by atoms with Gasteiger partial charge < -0.3 is 0 Å². The number of carbonyl (C=O) groups excluding carboxylic acids is 1. The lowest BCUT2D eigenvalue weighted by molar-refractivity contribution is 0.0535. The van der Waals surface area contributed by atoms with E-state index in [1.165, 1.54) is 19.4 Å². The Morgan fingerprint density at radius 3 is 3.05 bits per heavy atom. The van der Waals surface area contributed by atoms with Gasteiger partial charge in [0.1, 0.15) is 0 Å². The lowest BCUT2D eigenvalue weighted by atomic mass is 10.1. The number of hydrogen-bond acceptors (Lipinski definition) is 3. The van der Waals surface area contributed by atoms with Crippen molar-refractivity contribution in [2.24, 2.45) is 0 Å². The number of piperazine rings is 1. The van der Waals surface area contributed by atoms with Gasteiger partial charge in [0.15, 0.2) is 5.78 Å². The van der Waals surface area contributed by atoms with Gasteiger partial charge in [-0.25, -0.2) is 0 Å². The summed E-state index contributed by atoms with van der Waals surface area (Å²) in [6, 6.07) is 8.84. The first-order valence-corrected chi connectivity index (χ1v) is 8.19. The molecule has 1 aromatic carbocycles. The van der Waals surface area contributed by atoms with Crippen molar-refractivity contribution in [1.29, 1.82) is 0 Å². The summed E-state index contributed by atoms with van der Waals surface area (Å²) in [7, 11) is 0. The molecule has 0 spiro atoms. The Kier molecular flexibility index (Phi) is 4.24. The number of ketones is 1. The molecule has 20 heavy (non-hydrogen) atoms. The van der Waals surface area contributed by atoms with E-state index in [9.17, 15) is 4.79 Å². The number of halogens is 1. The van der Waals surface area contributed by atoms with Crippen LogP contribution in [0.4, 0.5) is 0 Å². The number of hydrogen-bond donors (Lipinski definition) is 0. The molecule has 2 fully saturated rings. The lowest BCUT2D eigenvalue weighted by Crippen LogP contribution is -2.55. The highest BCUT2D eigenvalue weighted by atomic mass is 79.9. The molecule has 0 aliphatic carbocycles. The molecule has 0 N–H and O–H groups in total. The monoisotopic (exact) mass is 336 g/mol. The fraction of sp³-hybridized carbons (Fsp3) is 0.562. The fourth-order valence-corrected chi connectivity index (χ4v) is 3.81. The van der Waals surface area contributed by atoms with Crippen LogP contribution in [0.2, 0.25) is 0 Å². The second kappa shape index (κ2) is 5.96. The van der Waals surface area contributed by atoms with Crippen LogP contribution < -0.4 is 0 Å². The van der Waals surface area contributed by atoms with E-state index >= 15 is 0 Å². The van der Waals surface area contributed by atoms with Crippen LogP contribution in [-0.2, 0) is 0 Å². The van der Waals surface area contributed by atoms with E-state index in [1.807, 2.05) is 24.3 Å². The molecule has 1 aromatic rings. The highest BCUT2D eigenvalue weighted by Gasteiger charge is 2.34. The van der Waals surface area contributed by atoms with Gasteiger partial charge in [-0.2, -0.15) is 0 Å². The van der Waals surface area contributed by atoms with Crippen LogP contribution in [-0.4, -0.2) is 53.8 Å². The molecule has 2 unspecified atom stereocenters. The van der Waals surface area contributed by atoms with Crippen LogP contribution in [0.1, 0.15) is 30.1 Å². The number of nitrogens with zero attached hydrogens (tertiary/aromatic N) is 2. The van der Waals surface area contributed by atoms with Crippen molar-refractivity contribution in [2.45, 2.75) is 31.8 Å². The van der Waals surface area contributed by atoms with E-state index in [4.69, 9.17) is 0 Å². The van der Waals surface area contributed by atoms with Gasteiger partial charge in [0.2, 0.25) is 0 Å². The van der Waals surface area contributed by atoms with Gasteiger partial charge in [-0.05, 0) is 38.4 Å². The summed E-state index contributed by atoms with van der Waals surface area (Å²) < 4.78 is 0.969. The van der Waals surface area contributed by atoms with Gasteiger partial charge in [-0.1, -0.05) is 28.1 Å². The minimum atomic E-state index is 0.226. The summed E-state index contributed by atoms with van der Waals surface area (Å²) in [6.45, 7) is 6.17. The van der Waals surface area contributed by atoms with Crippen molar-refractivity contribution in [3.63, 3.8) is 0 Å². The number of benzene rings is 1. The number of fused-ring (bicyclic) bond motifs is 1. The van der Waals surface area contributed by atoms with Crippen molar-refractivity contribution in [1.82, 2.24) is 9.80 Å². The third-order valence-corrected chi connectivity index (χ3v) is 5.05. The summed E-state index contributed by atoms with van der Waals surface area (Å²) in [5, 5.41) is 0. The molecule has 0 saturated carbocycles. The maximum Gasteiger partial charge on any atom is 0.176 e. The SMILES string of the molecule is CC1CN2CCCC2CN1CC(=O)c1cccc(Br)c1. The molecule has 4 heteroatoms. The minimum absolute atomic E-state index is 0.226. The average molecular weight is 337 g/mol. The quantitative estimate of drug-likeness (QED) is 0.793. The summed E-state index contributed by atoms with van der Waals surface area (Å²) in [4.78, 5) is 17.4. The standard InChI is InChI=1S/C16H21BrN2O/c1-12-9-18-7-3-6-15(18)10-19(12)11-16(20)13-4-2-5-14(17)8-13/h2,4-5,8,12,15H,3,6-7,9-11H2,1H3. The largest absolute Gasteiger partial charge is 0.298 e. The summed E-state index contributed by atoms with van der Waals surface area (Å²) in [6.07, 6.45) is 2.60. The van der Waals surface area contributed by atoms with Crippen molar-refractivity contribution in [3.8, 4) is 0 Å². The molecule has 2 aliphatic heterocycles. The first-order chi connectivity index (χ1) is 9.63. The third kappa shape index (κ3) is 2.97. The Bertz CT molecular complexity index is 505. The van der Waals surface area contributed by atoms with Gasteiger partial charge in [-0.3, -0.25) is 14.6 Å². The van der Waals surface area contributed by atoms with E-state index in [2.05, 4.69) is 32.7 Å². The van der Waals surface area contributed by atoms with Crippen LogP contribution in [0.5, 0.6) is 0 Å². The number of carbonyl (C=O) groups is 1. The molecular weight excluding hydrogens is 316 g/mol. The first kappa shape index (κ1) is 14.2. The van der Waals surface area contributed by atoms with Gasteiger partial charge >= 0.3 is 0 Å². The molecule has 0 amide bonds. The molecular formula is C16H21BrN2O. The molecule has 0 bridgehead atoms. The normalized spacial score (nSPS) is 27.5. The Hall–Kier alpha value is -0.710. The van der Waals surface area contributed by atoms with Gasteiger partial charge in [-0.15, -0.1) is 0 Å². The second-order valence-electron chi connectivity index (χ2n) is 6.00. The lowest BCUT2D eigenvalue weighted by Gasteiger charge is -2.42. The first-order valence-electron chi connectivity index (χ1n) is 7.40. The van der Waals surface area contributed by atoms with Crippen molar-refractivity contribution >= 4 is 21.7 Å². The van der Waals surface area contributed by atoms with E-state index in [1.54, 1.807) is 0 Å². The molecule has 3 nitrogen and oxygen atoms in total. The number of Topliss-reactive ketones (excluding diaryl/α,β-unsaturated/α-hetero) is 1. The zero-order valence-corrected chi connectivity index (χ0v) is 13.5. The maximum atomic E-state index is 12.4. The molecule has 3 rings (SSSR count). The zero-order chi connectivity index (χ0) is 14.1. The Morgan fingerprint density at radius 1 is 1.40 bits per heavy atom. The van der Waals surface area contributed by atoms with E-state index in [-0.39, 0.29) is 5.78 Å². The van der Waals surface area contributed by atoms with E-state index in [0.29, 0.717) is 18.6 Å². The molecule has 2 aliphatic rings. The molecule has 2 saturated heterocycles. The van der Waals surface area contributed by atoms with Crippen LogP contribution in [0.25, 0.3) is 0 Å². The highest BCUT2D eigenvalue weighted by Crippen LogP contribution is 2.24. The van der Waals surface area contributed by atoms with Crippen LogP contribution in [0.3, 0.4) is 0 Å². The van der Waals surface area contributed by atoms with Crippen molar-refractivity contribution in [2.75, 3.05) is 26.2 Å². The Labute approximate surface area is 129 Å². The van der Waals surface area contributed by atoms with Crippen LogP contribution in [0, 0.1) is 0 Å².